The molecule has 4 saturated carbocycles. The summed E-state index contributed by atoms with van der Waals surface area (Å²) in [5, 5.41) is 11.7. The van der Waals surface area contributed by atoms with Crippen LogP contribution in [0.3, 0.4) is 0 Å². The summed E-state index contributed by atoms with van der Waals surface area (Å²) in [4.78, 5) is 20.6. The summed E-state index contributed by atoms with van der Waals surface area (Å²) in [6, 6.07) is 7.47. The Bertz CT molecular complexity index is 1210. The van der Waals surface area contributed by atoms with Crippen LogP contribution in [0.25, 0.3) is 11.5 Å². The van der Waals surface area contributed by atoms with Gasteiger partial charge in [-0.25, -0.2) is 0 Å². The highest BCUT2D eigenvalue weighted by atomic mass is 19.4. The van der Waals surface area contributed by atoms with Gasteiger partial charge in [0.15, 0.2) is 0 Å². The molecule has 4 aliphatic rings. The summed E-state index contributed by atoms with van der Waals surface area (Å²) in [7, 11) is 0. The number of hydrogen-bond donors (Lipinski definition) is 1. The minimum absolute atomic E-state index is 0.151. The Morgan fingerprint density at radius 2 is 1.82 bits per heavy atom. The predicted molar refractivity (Wildman–Crippen MR) is 113 cm³/mol. The van der Waals surface area contributed by atoms with Gasteiger partial charge < -0.3 is 9.73 Å². The lowest BCUT2D eigenvalue weighted by molar-refractivity contribution is -0.141. The maximum absolute atomic E-state index is 12.9. The van der Waals surface area contributed by atoms with E-state index in [1.54, 1.807) is 24.4 Å². The van der Waals surface area contributed by atoms with Crippen LogP contribution in [0.1, 0.15) is 60.6 Å². The van der Waals surface area contributed by atoms with E-state index in [4.69, 9.17) is 4.42 Å². The van der Waals surface area contributed by atoms with Gasteiger partial charge in [-0.1, -0.05) is 6.07 Å². The average Bonchev–Trinajstić information content (AvgIpc) is 3.29. The van der Waals surface area contributed by atoms with Crippen LogP contribution in [-0.2, 0) is 11.6 Å². The molecular weight excluding hydrogens is 447 g/mol. The predicted octanol–water partition coefficient (Wildman–Crippen LogP) is 4.57. The van der Waals surface area contributed by atoms with Gasteiger partial charge in [-0.05, 0) is 74.6 Å². The Morgan fingerprint density at radius 3 is 2.47 bits per heavy atom. The number of rotatable bonds is 4. The first-order chi connectivity index (χ1) is 16.2. The molecule has 4 bridgehead atoms. The van der Waals surface area contributed by atoms with E-state index >= 15 is 0 Å². The van der Waals surface area contributed by atoms with Crippen LogP contribution in [0.5, 0.6) is 0 Å². The zero-order valence-electron chi connectivity index (χ0n) is 18.2. The second-order valence-corrected chi connectivity index (χ2v) is 10.0. The van der Waals surface area contributed by atoms with Crippen molar-refractivity contribution in [3.05, 3.63) is 60.0 Å². The number of aromatic nitrogens is 4. The maximum atomic E-state index is 12.9. The average molecular weight is 469 g/mol. The first-order valence-corrected chi connectivity index (χ1v) is 11.3. The van der Waals surface area contributed by atoms with E-state index in [-0.39, 0.29) is 22.8 Å². The number of amides is 1. The van der Waals surface area contributed by atoms with Crippen LogP contribution in [0.15, 0.2) is 47.1 Å². The third-order valence-electron chi connectivity index (χ3n) is 7.52. The minimum Gasteiger partial charge on any atom is -0.420 e. The number of carbonyl (C=O) groups excluding carboxylic acids is 1. The molecule has 34 heavy (non-hydrogen) atoms. The van der Waals surface area contributed by atoms with Crippen molar-refractivity contribution in [1.82, 2.24) is 25.5 Å². The lowest BCUT2D eigenvalue weighted by Crippen LogP contribution is -2.64. The highest BCUT2D eigenvalue weighted by molar-refractivity contribution is 5.92. The molecule has 3 aromatic heterocycles. The van der Waals surface area contributed by atoms with Crippen molar-refractivity contribution in [3.63, 3.8) is 0 Å². The SMILES string of the molecule is O=C(NC12CC3CC(C1)CC(c1nnc(-c4ccc(C(F)(F)F)nc4)o1)(C3)C2)c1ccccn1. The lowest BCUT2D eigenvalue weighted by Gasteiger charge is -2.60. The van der Waals surface area contributed by atoms with Crippen molar-refractivity contribution in [2.75, 3.05) is 0 Å². The molecule has 7 nitrogen and oxygen atoms in total. The number of nitrogens with one attached hydrogen (secondary N) is 1. The van der Waals surface area contributed by atoms with Gasteiger partial charge in [0.1, 0.15) is 11.4 Å². The molecule has 2 atom stereocenters. The normalized spacial score (nSPS) is 29.9. The van der Waals surface area contributed by atoms with E-state index in [0.29, 0.717) is 35.4 Å². The van der Waals surface area contributed by atoms with Gasteiger partial charge in [-0.2, -0.15) is 13.2 Å². The molecule has 1 amide bonds. The molecule has 3 aromatic rings. The van der Waals surface area contributed by atoms with Crippen LogP contribution >= 0.6 is 0 Å². The van der Waals surface area contributed by atoms with E-state index in [2.05, 4.69) is 25.5 Å². The van der Waals surface area contributed by atoms with E-state index in [9.17, 15) is 18.0 Å². The molecule has 0 aliphatic heterocycles. The standard InChI is InChI=1S/C24H22F3N5O2/c25-24(26,27)18-5-4-16(12-29-18)20-31-32-21(34-20)22-8-14-7-15(9-22)11-23(10-14,13-22)30-19(33)17-3-1-2-6-28-17/h1-6,12,14-15H,7-11,13H2,(H,30,33). The van der Waals surface area contributed by atoms with Crippen molar-refractivity contribution in [3.8, 4) is 11.5 Å². The van der Waals surface area contributed by atoms with E-state index in [0.717, 1.165) is 44.4 Å². The van der Waals surface area contributed by atoms with Crippen LogP contribution in [0.2, 0.25) is 0 Å². The zero-order valence-corrected chi connectivity index (χ0v) is 18.2. The molecule has 0 aromatic carbocycles. The molecular formula is C24H22F3N5O2. The number of nitrogens with zero attached hydrogens (tertiary/aromatic N) is 4. The van der Waals surface area contributed by atoms with Crippen molar-refractivity contribution < 1.29 is 22.4 Å². The van der Waals surface area contributed by atoms with Gasteiger partial charge in [-0.15, -0.1) is 10.2 Å². The molecule has 0 saturated heterocycles. The summed E-state index contributed by atoms with van der Waals surface area (Å²) in [5.41, 5.74) is -0.950. The van der Waals surface area contributed by atoms with Crippen LogP contribution in [0, 0.1) is 11.8 Å². The monoisotopic (exact) mass is 469 g/mol. The molecule has 0 radical (unpaired) electrons. The molecule has 10 heteroatoms. The van der Waals surface area contributed by atoms with Gasteiger partial charge in [0, 0.05) is 17.9 Å². The van der Waals surface area contributed by atoms with Crippen LogP contribution in [-0.4, -0.2) is 31.6 Å². The second-order valence-electron chi connectivity index (χ2n) is 10.0. The molecule has 176 valence electrons. The smallest absolute Gasteiger partial charge is 0.420 e. The van der Waals surface area contributed by atoms with Crippen molar-refractivity contribution in [1.29, 1.82) is 0 Å². The largest absolute Gasteiger partial charge is 0.433 e. The molecule has 2 unspecified atom stereocenters. The first-order valence-electron chi connectivity index (χ1n) is 11.3. The fourth-order valence-electron chi connectivity index (χ4n) is 6.70. The van der Waals surface area contributed by atoms with Gasteiger partial charge >= 0.3 is 6.18 Å². The summed E-state index contributed by atoms with van der Waals surface area (Å²) in [6.45, 7) is 0. The molecule has 4 fully saturated rings. The van der Waals surface area contributed by atoms with Crippen LogP contribution in [0.4, 0.5) is 13.2 Å². The summed E-state index contributed by atoms with van der Waals surface area (Å²) in [6.07, 6.45) is 3.63. The van der Waals surface area contributed by atoms with E-state index < -0.39 is 11.9 Å². The van der Waals surface area contributed by atoms with Gasteiger partial charge in [-0.3, -0.25) is 14.8 Å². The quantitative estimate of drug-likeness (QED) is 0.602. The van der Waals surface area contributed by atoms with Gasteiger partial charge in [0.25, 0.3) is 5.91 Å². The number of hydrogen-bond acceptors (Lipinski definition) is 6. The van der Waals surface area contributed by atoms with Gasteiger partial charge in [0.2, 0.25) is 11.8 Å². The van der Waals surface area contributed by atoms with Crippen molar-refractivity contribution in [2.24, 2.45) is 11.8 Å². The Hall–Kier alpha value is -3.30. The number of halogens is 3. The highest BCUT2D eigenvalue weighted by Gasteiger charge is 2.60. The fraction of sp³-hybridized carbons (Fsp3) is 0.458. The Morgan fingerprint density at radius 1 is 1.03 bits per heavy atom. The summed E-state index contributed by atoms with van der Waals surface area (Å²) in [5.74, 6) is 1.34. The van der Waals surface area contributed by atoms with Crippen molar-refractivity contribution >= 4 is 5.91 Å². The van der Waals surface area contributed by atoms with E-state index in [1.807, 2.05) is 0 Å². The maximum Gasteiger partial charge on any atom is 0.433 e. The second kappa shape index (κ2) is 7.35. The van der Waals surface area contributed by atoms with E-state index in [1.165, 1.54) is 6.07 Å². The Kier molecular flexibility index (Phi) is 4.59. The number of carbonyl (C=O) groups is 1. The number of pyridine rings is 2. The Labute approximate surface area is 193 Å². The lowest BCUT2D eigenvalue weighted by atomic mass is 9.46. The first kappa shape index (κ1) is 21.2. The summed E-state index contributed by atoms with van der Waals surface area (Å²) >= 11 is 0. The van der Waals surface area contributed by atoms with Crippen molar-refractivity contribution in [2.45, 2.75) is 55.7 Å². The highest BCUT2D eigenvalue weighted by Crippen LogP contribution is 2.62. The topological polar surface area (TPSA) is 93.8 Å². The summed E-state index contributed by atoms with van der Waals surface area (Å²) < 4.78 is 44.6. The number of alkyl halides is 3. The zero-order chi connectivity index (χ0) is 23.6. The third kappa shape index (κ3) is 3.56. The molecule has 0 spiro atoms. The van der Waals surface area contributed by atoms with Crippen LogP contribution < -0.4 is 5.32 Å². The fourth-order valence-corrected chi connectivity index (χ4v) is 6.70. The minimum atomic E-state index is -4.51. The molecule has 1 N–H and O–H groups in total. The molecule has 7 rings (SSSR count). The Balaban J connectivity index is 1.28. The third-order valence-corrected chi connectivity index (χ3v) is 7.52. The molecule has 3 heterocycles. The van der Waals surface area contributed by atoms with Gasteiger partial charge in [0.05, 0.1) is 11.0 Å². The molecule has 4 aliphatic carbocycles.